The molecule has 0 radical (unpaired) electrons. The lowest BCUT2D eigenvalue weighted by molar-refractivity contribution is 0.00578. The van der Waals surface area contributed by atoms with E-state index in [1.807, 2.05) is 6.92 Å². The van der Waals surface area contributed by atoms with Gasteiger partial charge in [-0.15, -0.1) is 11.3 Å². The highest BCUT2D eigenvalue weighted by Gasteiger charge is 2.53. The van der Waals surface area contributed by atoms with Crippen LogP contribution in [-0.4, -0.2) is 36.5 Å². The number of aromatic nitrogens is 1. The molecule has 6 heteroatoms. The van der Waals surface area contributed by atoms with E-state index < -0.39 is 0 Å². The van der Waals surface area contributed by atoms with Crippen molar-refractivity contribution in [2.24, 2.45) is 0 Å². The Bertz CT molecular complexity index is 507. The van der Waals surface area contributed by atoms with Gasteiger partial charge in [0.15, 0.2) is 0 Å². The van der Waals surface area contributed by atoms with Gasteiger partial charge >= 0.3 is 7.12 Å². The summed E-state index contributed by atoms with van der Waals surface area (Å²) in [5.41, 5.74) is 0.420. The van der Waals surface area contributed by atoms with Crippen molar-refractivity contribution in [1.82, 2.24) is 4.98 Å². The maximum atomic E-state index is 6.15. The molecule has 1 atom stereocenters. The monoisotopic (exact) mass is 309 g/mol. The van der Waals surface area contributed by atoms with Crippen molar-refractivity contribution in [2.75, 3.05) is 13.2 Å². The van der Waals surface area contributed by atoms with Crippen LogP contribution in [0.3, 0.4) is 0 Å². The molecule has 3 heterocycles. The van der Waals surface area contributed by atoms with E-state index in [0.717, 1.165) is 41.5 Å². The molecule has 2 aliphatic rings. The van der Waals surface area contributed by atoms with Crippen molar-refractivity contribution in [3.05, 3.63) is 10.7 Å². The number of nitrogens with zero attached hydrogens (tertiary/aromatic N) is 1. The summed E-state index contributed by atoms with van der Waals surface area (Å²) in [4.78, 5) is 4.75. The number of thiazole rings is 1. The lowest BCUT2D eigenvalue weighted by atomic mass is 9.86. The SMILES string of the molecule is Cc1nc(C2CCCOC2)sc1B1OC(C)(C)C(C)(C)O1. The molecule has 116 valence electrons. The van der Waals surface area contributed by atoms with Gasteiger partial charge in [-0.2, -0.15) is 0 Å². The van der Waals surface area contributed by atoms with Gasteiger partial charge in [0.25, 0.3) is 0 Å². The van der Waals surface area contributed by atoms with Gasteiger partial charge < -0.3 is 14.0 Å². The van der Waals surface area contributed by atoms with Crippen LogP contribution in [0, 0.1) is 6.92 Å². The smallest absolute Gasteiger partial charge is 0.399 e. The van der Waals surface area contributed by atoms with Crippen LogP contribution in [0.5, 0.6) is 0 Å². The zero-order valence-corrected chi connectivity index (χ0v) is 14.4. The van der Waals surface area contributed by atoms with E-state index in [1.54, 1.807) is 11.3 Å². The van der Waals surface area contributed by atoms with Gasteiger partial charge in [-0.25, -0.2) is 4.98 Å². The third-order valence-electron chi connectivity index (χ3n) is 4.83. The number of ether oxygens (including phenoxy) is 1. The van der Waals surface area contributed by atoms with Crippen molar-refractivity contribution < 1.29 is 14.0 Å². The van der Waals surface area contributed by atoms with Crippen LogP contribution in [0.4, 0.5) is 0 Å². The molecule has 1 unspecified atom stereocenters. The third kappa shape index (κ3) is 2.79. The summed E-state index contributed by atoms with van der Waals surface area (Å²) in [6.07, 6.45) is 2.28. The van der Waals surface area contributed by atoms with E-state index in [-0.39, 0.29) is 18.3 Å². The normalized spacial score (nSPS) is 28.0. The molecular weight excluding hydrogens is 285 g/mol. The van der Waals surface area contributed by atoms with E-state index in [0.29, 0.717) is 5.92 Å². The average molecular weight is 309 g/mol. The zero-order valence-electron chi connectivity index (χ0n) is 13.6. The molecule has 0 bridgehead atoms. The van der Waals surface area contributed by atoms with Crippen molar-refractivity contribution in [1.29, 1.82) is 0 Å². The number of rotatable bonds is 2. The summed E-state index contributed by atoms with van der Waals surface area (Å²) in [5.74, 6) is 0.429. The number of hydrogen-bond acceptors (Lipinski definition) is 5. The maximum absolute atomic E-state index is 6.15. The molecule has 2 saturated heterocycles. The summed E-state index contributed by atoms with van der Waals surface area (Å²) in [5, 5.41) is 1.16. The van der Waals surface area contributed by atoms with Gasteiger partial charge in [-0.3, -0.25) is 0 Å². The van der Waals surface area contributed by atoms with Crippen LogP contribution in [0.25, 0.3) is 0 Å². The molecular formula is C15H24BNO3S. The second-order valence-corrected chi connectivity index (χ2v) is 8.07. The van der Waals surface area contributed by atoms with Crippen molar-refractivity contribution >= 4 is 23.2 Å². The summed E-state index contributed by atoms with van der Waals surface area (Å²) in [7, 11) is -0.300. The van der Waals surface area contributed by atoms with Crippen LogP contribution in [0.2, 0.25) is 0 Å². The molecule has 0 amide bonds. The van der Waals surface area contributed by atoms with Crippen molar-refractivity contribution in [3.63, 3.8) is 0 Å². The largest absolute Gasteiger partial charge is 0.507 e. The minimum atomic E-state index is -0.303. The van der Waals surface area contributed by atoms with E-state index in [4.69, 9.17) is 19.0 Å². The lowest BCUT2D eigenvalue weighted by Gasteiger charge is -2.32. The molecule has 2 fully saturated rings. The lowest BCUT2D eigenvalue weighted by Crippen LogP contribution is -2.41. The molecule has 0 aromatic carbocycles. The molecule has 0 saturated carbocycles. The van der Waals surface area contributed by atoms with Crippen LogP contribution < -0.4 is 4.78 Å². The highest BCUT2D eigenvalue weighted by atomic mass is 32.1. The Balaban J connectivity index is 1.82. The molecule has 1 aromatic rings. The fourth-order valence-corrected chi connectivity index (χ4v) is 3.85. The van der Waals surface area contributed by atoms with Gasteiger partial charge in [-0.1, -0.05) is 0 Å². The molecule has 3 rings (SSSR count). The highest BCUT2D eigenvalue weighted by Crippen LogP contribution is 2.37. The van der Waals surface area contributed by atoms with E-state index in [2.05, 4.69) is 27.7 Å². The number of hydrogen-bond donors (Lipinski definition) is 0. The Morgan fingerprint density at radius 3 is 2.43 bits per heavy atom. The first kappa shape index (κ1) is 15.5. The molecule has 0 spiro atoms. The predicted molar refractivity (Wildman–Crippen MR) is 85.4 cm³/mol. The van der Waals surface area contributed by atoms with E-state index in [9.17, 15) is 0 Å². The first-order valence-electron chi connectivity index (χ1n) is 7.71. The molecule has 2 aliphatic heterocycles. The van der Waals surface area contributed by atoms with Gasteiger partial charge in [0.2, 0.25) is 0 Å². The highest BCUT2D eigenvalue weighted by molar-refractivity contribution is 7.22. The first-order valence-corrected chi connectivity index (χ1v) is 8.52. The maximum Gasteiger partial charge on any atom is 0.507 e. The standard InChI is InChI=1S/C15H24BNO3S/c1-10-12(16-19-14(2,3)15(4,5)20-16)21-13(17-10)11-7-6-8-18-9-11/h11H,6-9H2,1-5H3. The fraction of sp³-hybridized carbons (Fsp3) is 0.800. The topological polar surface area (TPSA) is 40.6 Å². The Morgan fingerprint density at radius 2 is 1.86 bits per heavy atom. The van der Waals surface area contributed by atoms with Crippen LogP contribution >= 0.6 is 11.3 Å². The van der Waals surface area contributed by atoms with Crippen molar-refractivity contribution in [2.45, 2.75) is 64.6 Å². The van der Waals surface area contributed by atoms with Crippen LogP contribution in [-0.2, 0) is 14.0 Å². The fourth-order valence-electron chi connectivity index (χ4n) is 2.71. The minimum absolute atomic E-state index is 0.300. The molecule has 1 aromatic heterocycles. The summed E-state index contributed by atoms with van der Waals surface area (Å²) < 4.78 is 19.0. The Morgan fingerprint density at radius 1 is 1.19 bits per heavy atom. The van der Waals surface area contributed by atoms with Crippen LogP contribution in [0.15, 0.2) is 0 Å². The summed E-state index contributed by atoms with van der Waals surface area (Å²) >= 11 is 1.72. The van der Waals surface area contributed by atoms with Gasteiger partial charge in [0.1, 0.15) is 0 Å². The average Bonchev–Trinajstić information content (AvgIpc) is 2.89. The molecule has 0 N–H and O–H groups in total. The third-order valence-corrected chi connectivity index (χ3v) is 6.17. The first-order chi connectivity index (χ1) is 9.80. The van der Waals surface area contributed by atoms with E-state index in [1.165, 1.54) is 0 Å². The minimum Gasteiger partial charge on any atom is -0.399 e. The zero-order chi connectivity index (χ0) is 15.3. The molecule has 0 aliphatic carbocycles. The number of aryl methyl sites for hydroxylation is 1. The second kappa shape index (κ2) is 5.34. The van der Waals surface area contributed by atoms with E-state index >= 15 is 0 Å². The Kier molecular flexibility index (Phi) is 3.93. The van der Waals surface area contributed by atoms with Gasteiger partial charge in [0, 0.05) is 18.2 Å². The quantitative estimate of drug-likeness (QED) is 0.788. The second-order valence-electron chi connectivity index (χ2n) is 7.00. The Hall–Kier alpha value is -0.425. The van der Waals surface area contributed by atoms with Crippen molar-refractivity contribution in [3.8, 4) is 0 Å². The summed E-state index contributed by atoms with van der Waals surface area (Å²) in [6, 6.07) is 0. The molecule has 4 nitrogen and oxygen atoms in total. The summed E-state index contributed by atoms with van der Waals surface area (Å²) in [6.45, 7) is 12.0. The van der Waals surface area contributed by atoms with Gasteiger partial charge in [0.05, 0.1) is 27.6 Å². The molecule has 21 heavy (non-hydrogen) atoms. The Labute approximate surface area is 131 Å². The van der Waals surface area contributed by atoms with Crippen LogP contribution in [0.1, 0.15) is 57.2 Å². The predicted octanol–water partition coefficient (Wildman–Crippen LogP) is 2.64. The van der Waals surface area contributed by atoms with Gasteiger partial charge in [-0.05, 0) is 47.5 Å².